The quantitative estimate of drug-likeness (QED) is 0.643. The van der Waals surface area contributed by atoms with Crippen LogP contribution in [0.4, 0.5) is 0 Å². The van der Waals surface area contributed by atoms with Crippen molar-refractivity contribution in [3.63, 3.8) is 0 Å². The van der Waals surface area contributed by atoms with Crippen molar-refractivity contribution in [1.29, 1.82) is 0 Å². The van der Waals surface area contributed by atoms with Gasteiger partial charge < -0.3 is 0 Å². The molecule has 0 fully saturated rings. The molecule has 0 aliphatic heterocycles. The third-order valence-corrected chi connectivity index (χ3v) is 13.5. The fourth-order valence-corrected chi connectivity index (χ4v) is 11.5. The van der Waals surface area contributed by atoms with Gasteiger partial charge in [-0.2, -0.15) is 0 Å². The molecule has 0 amide bonds. The molecular formula is C20H20As+. The number of rotatable bonds is 4. The molecule has 3 rings (SSSR count). The first-order valence-corrected chi connectivity index (χ1v) is 11.6. The van der Waals surface area contributed by atoms with E-state index in [0.29, 0.717) is 0 Å². The molecule has 0 aliphatic rings. The Hall–Kier alpha value is -1.78. The molecule has 0 spiro atoms. The van der Waals surface area contributed by atoms with E-state index in [1.807, 2.05) is 0 Å². The van der Waals surface area contributed by atoms with E-state index in [-0.39, 0.29) is 0 Å². The fraction of sp³-hybridized carbons (Fsp3) is 0.100. The second-order valence-electron chi connectivity index (χ2n) is 5.13. The molecule has 104 valence electrons. The van der Waals surface area contributed by atoms with Crippen molar-refractivity contribution < 1.29 is 0 Å². The Morgan fingerprint density at radius 2 is 0.810 bits per heavy atom. The number of benzene rings is 3. The summed E-state index contributed by atoms with van der Waals surface area (Å²) in [5, 5.41) is 1.20. The van der Waals surface area contributed by atoms with E-state index in [2.05, 4.69) is 97.9 Å². The zero-order valence-electron chi connectivity index (χ0n) is 12.3. The molecule has 0 N–H and O–H groups in total. The molecule has 0 saturated heterocycles. The van der Waals surface area contributed by atoms with Gasteiger partial charge in [0.15, 0.2) is 0 Å². The second-order valence-corrected chi connectivity index (χ2v) is 13.1. The number of hydrogen-bond acceptors (Lipinski definition) is 0. The molecule has 0 atom stereocenters. The third kappa shape index (κ3) is 2.57. The van der Waals surface area contributed by atoms with Crippen LogP contribution in [0.15, 0.2) is 91.0 Å². The van der Waals surface area contributed by atoms with Crippen LogP contribution in [0.3, 0.4) is 0 Å². The summed E-state index contributed by atoms with van der Waals surface area (Å²) >= 11 is -2.33. The van der Waals surface area contributed by atoms with Crippen molar-refractivity contribution in [1.82, 2.24) is 0 Å². The molecule has 3 aromatic rings. The van der Waals surface area contributed by atoms with Crippen LogP contribution in [0.1, 0.15) is 6.92 Å². The Morgan fingerprint density at radius 3 is 1.05 bits per heavy atom. The summed E-state index contributed by atoms with van der Waals surface area (Å²) < 4.78 is 4.57. The van der Waals surface area contributed by atoms with E-state index in [0.717, 1.165) is 0 Å². The second kappa shape index (κ2) is 6.33. The minimum absolute atomic E-state index is 1.20. The van der Waals surface area contributed by atoms with Gasteiger partial charge in [-0.1, -0.05) is 0 Å². The first kappa shape index (κ1) is 14.2. The molecule has 0 heterocycles. The van der Waals surface area contributed by atoms with Crippen LogP contribution in [-0.4, -0.2) is 13.6 Å². The zero-order valence-corrected chi connectivity index (χ0v) is 14.2. The van der Waals surface area contributed by atoms with Crippen LogP contribution >= 0.6 is 0 Å². The van der Waals surface area contributed by atoms with Crippen LogP contribution in [0.5, 0.6) is 0 Å². The minimum atomic E-state index is -2.33. The van der Waals surface area contributed by atoms with E-state index in [1.54, 1.807) is 0 Å². The molecule has 0 aromatic heterocycles. The zero-order chi connectivity index (χ0) is 14.5. The van der Waals surface area contributed by atoms with Crippen molar-refractivity contribution in [2.45, 2.75) is 12.1 Å². The molecular weight excluding hydrogens is 315 g/mol. The summed E-state index contributed by atoms with van der Waals surface area (Å²) in [6.07, 6.45) is 0. The van der Waals surface area contributed by atoms with Gasteiger partial charge in [0.2, 0.25) is 0 Å². The average Bonchev–Trinajstić information content (AvgIpc) is 2.59. The van der Waals surface area contributed by atoms with Crippen LogP contribution in [0.25, 0.3) is 0 Å². The molecule has 0 radical (unpaired) electrons. The molecule has 0 saturated carbocycles. The van der Waals surface area contributed by atoms with E-state index < -0.39 is 13.6 Å². The maximum absolute atomic E-state index is 2.35. The Morgan fingerprint density at radius 1 is 0.524 bits per heavy atom. The molecule has 0 unspecified atom stereocenters. The maximum atomic E-state index is 2.35. The van der Waals surface area contributed by atoms with Gasteiger partial charge in [0.1, 0.15) is 0 Å². The van der Waals surface area contributed by atoms with Crippen molar-refractivity contribution in [3.8, 4) is 0 Å². The van der Waals surface area contributed by atoms with Gasteiger partial charge in [-0.15, -0.1) is 0 Å². The molecule has 0 bridgehead atoms. The molecule has 3 aromatic carbocycles. The molecule has 21 heavy (non-hydrogen) atoms. The van der Waals surface area contributed by atoms with Crippen LogP contribution in [-0.2, 0) is 0 Å². The summed E-state index contributed by atoms with van der Waals surface area (Å²) in [7, 11) is 0. The predicted molar refractivity (Wildman–Crippen MR) is 94.5 cm³/mol. The standard InChI is InChI=1S/C20H20As/c1-2-21(18-12-6-3-7-13-18,19-14-8-4-9-15-19)20-16-10-5-11-17-20/h3-17H,2H2,1H3/q+1. The van der Waals surface area contributed by atoms with Gasteiger partial charge in [-0.05, 0) is 0 Å². The first-order chi connectivity index (χ1) is 10.4. The normalized spacial score (nSPS) is 11.3. The van der Waals surface area contributed by atoms with Crippen molar-refractivity contribution >= 4 is 26.6 Å². The van der Waals surface area contributed by atoms with Crippen molar-refractivity contribution in [2.75, 3.05) is 0 Å². The van der Waals surface area contributed by atoms with E-state index >= 15 is 0 Å². The van der Waals surface area contributed by atoms with Gasteiger partial charge in [-0.25, -0.2) is 0 Å². The summed E-state index contributed by atoms with van der Waals surface area (Å²) in [5.41, 5.74) is 0. The monoisotopic (exact) mass is 335 g/mol. The summed E-state index contributed by atoms with van der Waals surface area (Å²) in [6.45, 7) is 2.35. The van der Waals surface area contributed by atoms with Gasteiger partial charge in [0.25, 0.3) is 0 Å². The van der Waals surface area contributed by atoms with E-state index in [4.69, 9.17) is 0 Å². The average molecular weight is 335 g/mol. The predicted octanol–water partition coefficient (Wildman–Crippen LogP) is 3.18. The first-order valence-electron chi connectivity index (χ1n) is 7.43. The Labute approximate surface area is 129 Å². The van der Waals surface area contributed by atoms with Gasteiger partial charge in [0.05, 0.1) is 0 Å². The Kier molecular flexibility index (Phi) is 4.27. The summed E-state index contributed by atoms with van der Waals surface area (Å²) in [6, 6.07) is 33.3. The Balaban J connectivity index is 2.29. The third-order valence-electron chi connectivity index (χ3n) is 4.07. The molecule has 0 nitrogen and oxygen atoms in total. The van der Waals surface area contributed by atoms with Crippen molar-refractivity contribution in [3.05, 3.63) is 91.0 Å². The summed E-state index contributed by atoms with van der Waals surface area (Å²) in [4.78, 5) is 0. The van der Waals surface area contributed by atoms with Crippen molar-refractivity contribution in [2.24, 2.45) is 0 Å². The Bertz CT molecular complexity index is 578. The van der Waals surface area contributed by atoms with Gasteiger partial charge >= 0.3 is 130 Å². The number of hydrogen-bond donors (Lipinski definition) is 0. The van der Waals surface area contributed by atoms with E-state index in [1.165, 1.54) is 18.3 Å². The molecule has 1 heteroatoms. The molecule has 0 aliphatic carbocycles. The van der Waals surface area contributed by atoms with Gasteiger partial charge in [0, 0.05) is 0 Å². The summed E-state index contributed by atoms with van der Waals surface area (Å²) in [5.74, 6) is 0. The fourth-order valence-electron chi connectivity index (χ4n) is 3.04. The van der Waals surface area contributed by atoms with E-state index in [9.17, 15) is 0 Å². The van der Waals surface area contributed by atoms with Gasteiger partial charge in [-0.3, -0.25) is 0 Å². The topological polar surface area (TPSA) is 0 Å². The van der Waals surface area contributed by atoms with Crippen LogP contribution in [0, 0.1) is 0 Å². The van der Waals surface area contributed by atoms with Crippen LogP contribution < -0.4 is 13.1 Å². The van der Waals surface area contributed by atoms with Crippen LogP contribution in [0.2, 0.25) is 5.21 Å². The SMILES string of the molecule is CC[As+](c1ccccc1)(c1ccccc1)c1ccccc1.